The van der Waals surface area contributed by atoms with E-state index in [1.54, 1.807) is 0 Å². The number of rotatable bonds is 4. The predicted molar refractivity (Wildman–Crippen MR) is 87.4 cm³/mol. The lowest BCUT2D eigenvalue weighted by molar-refractivity contribution is 0.100. The lowest BCUT2D eigenvalue weighted by atomic mass is 9.80. The van der Waals surface area contributed by atoms with E-state index in [4.69, 9.17) is 4.74 Å². The second-order valence-corrected chi connectivity index (χ2v) is 7.59. The minimum atomic E-state index is 0.105. The molecule has 1 fully saturated rings. The highest BCUT2D eigenvalue weighted by Crippen LogP contribution is 2.31. The van der Waals surface area contributed by atoms with Crippen LogP contribution in [0.3, 0.4) is 0 Å². The summed E-state index contributed by atoms with van der Waals surface area (Å²) in [7, 11) is 0. The Labute approximate surface area is 129 Å². The Morgan fingerprint density at radius 1 is 1.24 bits per heavy atom. The van der Waals surface area contributed by atoms with E-state index in [0.717, 1.165) is 29.8 Å². The van der Waals surface area contributed by atoms with Crippen molar-refractivity contribution in [1.82, 2.24) is 10.3 Å². The summed E-state index contributed by atoms with van der Waals surface area (Å²) in [6.07, 6.45) is 5.82. The standard InChI is InChI=1S/C18H30N2O/c1-13-6-7-16(10-14(13)2)21-17-8-9-19-15(11-17)12-20-18(3,4)5/h8-9,11,13-14,16,20H,6-7,10,12H2,1-5H3. The molecule has 2 rings (SSSR count). The van der Waals surface area contributed by atoms with Crippen LogP contribution in [0.2, 0.25) is 0 Å². The van der Waals surface area contributed by atoms with Gasteiger partial charge in [0.1, 0.15) is 5.75 Å². The van der Waals surface area contributed by atoms with E-state index in [0.29, 0.717) is 6.10 Å². The average Bonchev–Trinajstić information content (AvgIpc) is 2.40. The SMILES string of the molecule is CC1CCC(Oc2ccnc(CNC(C)(C)C)c2)CC1C. The summed E-state index contributed by atoms with van der Waals surface area (Å²) < 4.78 is 6.18. The van der Waals surface area contributed by atoms with Crippen molar-refractivity contribution in [2.24, 2.45) is 11.8 Å². The molecule has 0 bridgehead atoms. The maximum Gasteiger partial charge on any atom is 0.123 e. The summed E-state index contributed by atoms with van der Waals surface area (Å²) in [5.74, 6) is 2.55. The van der Waals surface area contributed by atoms with Crippen molar-refractivity contribution in [1.29, 1.82) is 0 Å². The zero-order chi connectivity index (χ0) is 15.5. The van der Waals surface area contributed by atoms with Gasteiger partial charge in [-0.15, -0.1) is 0 Å². The Morgan fingerprint density at radius 3 is 2.67 bits per heavy atom. The molecule has 0 aliphatic heterocycles. The highest BCUT2D eigenvalue weighted by molar-refractivity contribution is 5.23. The lowest BCUT2D eigenvalue weighted by Gasteiger charge is -2.32. The third kappa shape index (κ3) is 5.31. The second kappa shape index (κ2) is 6.78. The topological polar surface area (TPSA) is 34.1 Å². The fourth-order valence-electron chi connectivity index (χ4n) is 2.78. The number of pyridine rings is 1. The van der Waals surface area contributed by atoms with Gasteiger partial charge in [-0.05, 0) is 57.9 Å². The molecule has 1 aromatic heterocycles. The van der Waals surface area contributed by atoms with Crippen molar-refractivity contribution in [2.45, 2.75) is 72.1 Å². The van der Waals surface area contributed by atoms with Gasteiger partial charge in [-0.1, -0.05) is 13.8 Å². The smallest absolute Gasteiger partial charge is 0.123 e. The molecule has 1 aliphatic carbocycles. The van der Waals surface area contributed by atoms with Crippen LogP contribution in [-0.2, 0) is 6.54 Å². The first kappa shape index (κ1) is 16.3. The molecule has 0 aromatic carbocycles. The van der Waals surface area contributed by atoms with E-state index >= 15 is 0 Å². The van der Waals surface area contributed by atoms with Gasteiger partial charge in [0.15, 0.2) is 0 Å². The number of ether oxygens (including phenoxy) is 1. The van der Waals surface area contributed by atoms with Gasteiger partial charge in [0, 0.05) is 24.3 Å². The molecule has 1 heterocycles. The van der Waals surface area contributed by atoms with Crippen LogP contribution < -0.4 is 10.1 Å². The molecule has 3 nitrogen and oxygen atoms in total. The maximum absolute atomic E-state index is 6.18. The van der Waals surface area contributed by atoms with Crippen molar-refractivity contribution in [3.8, 4) is 5.75 Å². The second-order valence-electron chi connectivity index (χ2n) is 7.59. The Hall–Kier alpha value is -1.09. The van der Waals surface area contributed by atoms with Crippen LogP contribution in [0.1, 0.15) is 59.6 Å². The summed E-state index contributed by atoms with van der Waals surface area (Å²) in [5.41, 5.74) is 1.15. The molecule has 0 radical (unpaired) electrons. The van der Waals surface area contributed by atoms with Gasteiger partial charge < -0.3 is 10.1 Å². The number of aromatic nitrogens is 1. The van der Waals surface area contributed by atoms with Crippen molar-refractivity contribution >= 4 is 0 Å². The van der Waals surface area contributed by atoms with Crippen molar-refractivity contribution in [3.05, 3.63) is 24.0 Å². The summed E-state index contributed by atoms with van der Waals surface area (Å²) in [6.45, 7) is 12.0. The zero-order valence-corrected chi connectivity index (χ0v) is 14.1. The van der Waals surface area contributed by atoms with Crippen LogP contribution in [0.25, 0.3) is 0 Å². The van der Waals surface area contributed by atoms with E-state index in [1.807, 2.05) is 12.3 Å². The molecule has 0 amide bonds. The number of nitrogens with one attached hydrogen (secondary N) is 1. The van der Waals surface area contributed by atoms with Crippen molar-refractivity contribution in [2.75, 3.05) is 0 Å². The first-order valence-corrected chi connectivity index (χ1v) is 8.20. The third-order valence-corrected chi connectivity index (χ3v) is 4.44. The number of nitrogens with zero attached hydrogens (tertiary/aromatic N) is 1. The van der Waals surface area contributed by atoms with Gasteiger partial charge in [0.25, 0.3) is 0 Å². The van der Waals surface area contributed by atoms with Gasteiger partial charge in [-0.3, -0.25) is 4.98 Å². The molecule has 118 valence electrons. The molecule has 21 heavy (non-hydrogen) atoms. The molecule has 3 unspecified atom stereocenters. The van der Waals surface area contributed by atoms with Crippen LogP contribution in [0.4, 0.5) is 0 Å². The number of hydrogen-bond donors (Lipinski definition) is 1. The monoisotopic (exact) mass is 290 g/mol. The Bertz CT molecular complexity index is 453. The van der Waals surface area contributed by atoms with E-state index in [2.05, 4.69) is 51.0 Å². The highest BCUT2D eigenvalue weighted by atomic mass is 16.5. The van der Waals surface area contributed by atoms with E-state index in [-0.39, 0.29) is 5.54 Å². The fraction of sp³-hybridized carbons (Fsp3) is 0.722. The van der Waals surface area contributed by atoms with Gasteiger partial charge >= 0.3 is 0 Å². The summed E-state index contributed by atoms with van der Waals surface area (Å²) in [4.78, 5) is 4.42. The molecule has 3 heteroatoms. The third-order valence-electron chi connectivity index (χ3n) is 4.44. The largest absolute Gasteiger partial charge is 0.490 e. The van der Waals surface area contributed by atoms with Gasteiger partial charge in [0.2, 0.25) is 0 Å². The number of hydrogen-bond acceptors (Lipinski definition) is 3. The van der Waals surface area contributed by atoms with Gasteiger partial charge in [-0.25, -0.2) is 0 Å². The van der Waals surface area contributed by atoms with E-state index in [1.165, 1.54) is 19.3 Å². The normalized spacial score (nSPS) is 26.6. The molecule has 1 aliphatic rings. The average molecular weight is 290 g/mol. The van der Waals surface area contributed by atoms with Crippen molar-refractivity contribution < 1.29 is 4.74 Å². The first-order valence-electron chi connectivity index (χ1n) is 8.20. The van der Waals surface area contributed by atoms with E-state index < -0.39 is 0 Å². The molecule has 3 atom stereocenters. The molecule has 1 aromatic rings. The predicted octanol–water partition coefficient (Wildman–Crippen LogP) is 4.17. The fourth-order valence-corrected chi connectivity index (χ4v) is 2.78. The minimum Gasteiger partial charge on any atom is -0.490 e. The summed E-state index contributed by atoms with van der Waals surface area (Å²) >= 11 is 0. The van der Waals surface area contributed by atoms with Crippen LogP contribution in [0.5, 0.6) is 5.75 Å². The van der Waals surface area contributed by atoms with E-state index in [9.17, 15) is 0 Å². The first-order chi connectivity index (χ1) is 9.83. The van der Waals surface area contributed by atoms with Crippen molar-refractivity contribution in [3.63, 3.8) is 0 Å². The molecule has 1 N–H and O–H groups in total. The van der Waals surface area contributed by atoms with Crippen LogP contribution in [0, 0.1) is 11.8 Å². The Balaban J connectivity index is 1.92. The molecule has 1 saturated carbocycles. The van der Waals surface area contributed by atoms with Gasteiger partial charge in [-0.2, -0.15) is 0 Å². The maximum atomic E-state index is 6.18. The Kier molecular flexibility index (Phi) is 5.26. The Morgan fingerprint density at radius 2 is 2.00 bits per heavy atom. The van der Waals surface area contributed by atoms with Crippen LogP contribution in [-0.4, -0.2) is 16.6 Å². The highest BCUT2D eigenvalue weighted by Gasteiger charge is 2.25. The van der Waals surface area contributed by atoms with Gasteiger partial charge in [0.05, 0.1) is 11.8 Å². The molecule has 0 spiro atoms. The molecular formula is C18H30N2O. The zero-order valence-electron chi connectivity index (χ0n) is 14.1. The lowest BCUT2D eigenvalue weighted by Crippen LogP contribution is -2.35. The molecular weight excluding hydrogens is 260 g/mol. The molecule has 0 saturated heterocycles. The van der Waals surface area contributed by atoms with Crippen LogP contribution >= 0.6 is 0 Å². The minimum absolute atomic E-state index is 0.105. The summed E-state index contributed by atoms with van der Waals surface area (Å²) in [5, 5.41) is 3.46. The van der Waals surface area contributed by atoms with Crippen LogP contribution in [0.15, 0.2) is 18.3 Å². The summed E-state index contributed by atoms with van der Waals surface area (Å²) in [6, 6.07) is 4.05. The quantitative estimate of drug-likeness (QED) is 0.903.